The van der Waals surface area contributed by atoms with Crippen molar-refractivity contribution in [3.8, 4) is 0 Å². The largest absolute Gasteiger partial charge is 0.334 e. The van der Waals surface area contributed by atoms with E-state index in [9.17, 15) is 9.59 Å². The van der Waals surface area contributed by atoms with Gasteiger partial charge in [-0.05, 0) is 25.7 Å². The summed E-state index contributed by atoms with van der Waals surface area (Å²) in [5.74, 6) is 1.01. The summed E-state index contributed by atoms with van der Waals surface area (Å²) in [6.45, 7) is 0.819. The molecule has 22 heavy (non-hydrogen) atoms. The van der Waals surface area contributed by atoms with Crippen LogP contribution in [-0.2, 0) is 17.8 Å². The Morgan fingerprint density at radius 1 is 1.05 bits per heavy atom. The average Bonchev–Trinajstić information content (AvgIpc) is 3.04. The molecule has 0 bridgehead atoms. The lowest BCUT2D eigenvalue weighted by molar-refractivity contribution is -0.126. The van der Waals surface area contributed by atoms with Crippen molar-refractivity contribution in [3.05, 3.63) is 5.82 Å². The lowest BCUT2D eigenvalue weighted by Crippen LogP contribution is -2.49. The monoisotopic (exact) mass is 303 g/mol. The molecule has 2 aliphatic heterocycles. The molecule has 3 amide bonds. The van der Waals surface area contributed by atoms with Crippen LogP contribution in [0.4, 0.5) is 10.7 Å². The van der Waals surface area contributed by atoms with Gasteiger partial charge in [0, 0.05) is 20.0 Å². The van der Waals surface area contributed by atoms with Gasteiger partial charge in [-0.1, -0.05) is 19.3 Å². The van der Waals surface area contributed by atoms with Gasteiger partial charge in [0.15, 0.2) is 0 Å². The molecule has 1 aromatic rings. The number of carbonyl (C=O) groups is 2. The van der Waals surface area contributed by atoms with Gasteiger partial charge in [0.1, 0.15) is 11.4 Å². The number of amides is 3. The molecule has 1 spiro atoms. The zero-order chi connectivity index (χ0) is 15.3. The van der Waals surface area contributed by atoms with E-state index in [2.05, 4.69) is 10.1 Å². The van der Waals surface area contributed by atoms with Crippen molar-refractivity contribution in [1.29, 1.82) is 0 Å². The Kier molecular flexibility index (Phi) is 2.99. The van der Waals surface area contributed by atoms with Gasteiger partial charge in [-0.2, -0.15) is 9.88 Å². The van der Waals surface area contributed by atoms with Crippen LogP contribution < -0.4 is 4.90 Å². The second-order valence-electron chi connectivity index (χ2n) is 6.58. The Morgan fingerprint density at radius 3 is 2.55 bits per heavy atom. The van der Waals surface area contributed by atoms with E-state index in [1.165, 1.54) is 4.90 Å². The van der Waals surface area contributed by atoms with Crippen LogP contribution in [0.2, 0.25) is 0 Å². The van der Waals surface area contributed by atoms with E-state index in [-0.39, 0.29) is 17.9 Å². The molecule has 0 atom stereocenters. The first kappa shape index (κ1) is 13.7. The molecule has 1 aromatic heterocycles. The molecule has 1 saturated heterocycles. The Labute approximate surface area is 129 Å². The van der Waals surface area contributed by atoms with Gasteiger partial charge in [0.2, 0.25) is 0 Å². The predicted molar refractivity (Wildman–Crippen MR) is 79.4 cm³/mol. The van der Waals surface area contributed by atoms with Gasteiger partial charge in [0.05, 0.1) is 0 Å². The molecular weight excluding hydrogens is 282 g/mol. The van der Waals surface area contributed by atoms with E-state index in [0.29, 0.717) is 0 Å². The number of nitrogens with zero attached hydrogens (tertiary/aromatic N) is 5. The van der Waals surface area contributed by atoms with Crippen LogP contribution in [0, 0.1) is 0 Å². The highest BCUT2D eigenvalue weighted by atomic mass is 16.2. The smallest absolute Gasteiger partial charge is 0.312 e. The number of carbonyl (C=O) groups excluding carboxylic acids is 2. The number of fused-ring (bicyclic) bond motifs is 1. The van der Waals surface area contributed by atoms with Crippen LogP contribution in [-0.4, -0.2) is 44.2 Å². The second-order valence-corrected chi connectivity index (χ2v) is 6.58. The molecule has 0 unspecified atom stereocenters. The molecular formula is C15H21N5O2. The van der Waals surface area contributed by atoms with Crippen molar-refractivity contribution in [1.82, 2.24) is 19.7 Å². The number of hydrogen-bond donors (Lipinski definition) is 0. The van der Waals surface area contributed by atoms with E-state index in [0.717, 1.165) is 63.7 Å². The van der Waals surface area contributed by atoms with Gasteiger partial charge in [0.25, 0.3) is 11.9 Å². The molecule has 0 radical (unpaired) electrons. The summed E-state index contributed by atoms with van der Waals surface area (Å²) < 4.78 is 1.84. The lowest BCUT2D eigenvalue weighted by Gasteiger charge is -2.35. The second kappa shape index (κ2) is 4.79. The van der Waals surface area contributed by atoms with Crippen LogP contribution in [0.15, 0.2) is 0 Å². The molecule has 7 heteroatoms. The third-order valence-corrected chi connectivity index (χ3v) is 5.36. The molecule has 1 saturated carbocycles. The molecule has 118 valence electrons. The zero-order valence-corrected chi connectivity index (χ0v) is 12.9. The molecule has 7 nitrogen and oxygen atoms in total. The van der Waals surface area contributed by atoms with Gasteiger partial charge in [-0.3, -0.25) is 4.79 Å². The number of rotatable bonds is 1. The summed E-state index contributed by atoms with van der Waals surface area (Å²) in [4.78, 5) is 32.9. The topological polar surface area (TPSA) is 71.3 Å². The number of aromatic nitrogens is 3. The normalized spacial score (nSPS) is 24.2. The molecule has 3 aliphatic rings. The first-order valence-electron chi connectivity index (χ1n) is 8.19. The summed E-state index contributed by atoms with van der Waals surface area (Å²) in [5.41, 5.74) is -0.666. The lowest BCUT2D eigenvalue weighted by atomic mass is 9.81. The van der Waals surface area contributed by atoms with Crippen LogP contribution in [0.1, 0.15) is 50.8 Å². The zero-order valence-electron chi connectivity index (χ0n) is 12.9. The van der Waals surface area contributed by atoms with Crippen molar-refractivity contribution >= 4 is 17.9 Å². The molecule has 1 aliphatic carbocycles. The quantitative estimate of drug-likeness (QED) is 0.741. The Bertz CT molecular complexity index is 608. The number of hydrogen-bond acceptors (Lipinski definition) is 4. The number of aryl methyl sites for hydroxylation is 2. The standard InChI is InChI=1S/C15H21N5O2/c1-18-14(22)20(12(21)15(18)8-4-2-5-9-15)13-16-11-7-3-6-10-19(11)17-13/h2-10H2,1H3. The van der Waals surface area contributed by atoms with Gasteiger partial charge in [-0.15, -0.1) is 5.10 Å². The first-order valence-corrected chi connectivity index (χ1v) is 8.19. The minimum atomic E-state index is -0.666. The fourth-order valence-corrected chi connectivity index (χ4v) is 4.00. The number of imide groups is 1. The van der Waals surface area contributed by atoms with E-state index in [1.807, 2.05) is 4.68 Å². The van der Waals surface area contributed by atoms with Crippen molar-refractivity contribution in [2.24, 2.45) is 0 Å². The molecule has 4 rings (SSSR count). The van der Waals surface area contributed by atoms with Crippen molar-refractivity contribution in [2.45, 2.75) is 63.5 Å². The van der Waals surface area contributed by atoms with Gasteiger partial charge < -0.3 is 4.90 Å². The van der Waals surface area contributed by atoms with Crippen LogP contribution in [0.5, 0.6) is 0 Å². The molecule has 2 fully saturated rings. The third kappa shape index (κ3) is 1.74. The van der Waals surface area contributed by atoms with E-state index < -0.39 is 5.54 Å². The molecule has 0 N–H and O–H groups in total. The fraction of sp³-hybridized carbons (Fsp3) is 0.733. The summed E-state index contributed by atoms with van der Waals surface area (Å²) in [6, 6.07) is -0.283. The summed E-state index contributed by atoms with van der Waals surface area (Å²) in [6.07, 6.45) is 7.63. The summed E-state index contributed by atoms with van der Waals surface area (Å²) in [7, 11) is 1.74. The summed E-state index contributed by atoms with van der Waals surface area (Å²) >= 11 is 0. The Hall–Kier alpha value is -1.92. The van der Waals surface area contributed by atoms with Crippen molar-refractivity contribution < 1.29 is 9.59 Å². The number of anilines is 1. The average molecular weight is 303 g/mol. The van der Waals surface area contributed by atoms with Crippen LogP contribution >= 0.6 is 0 Å². The number of likely N-dealkylation sites (N-methyl/N-ethyl adjacent to an activating group) is 1. The number of urea groups is 1. The molecule has 3 heterocycles. The minimum absolute atomic E-state index is 0.136. The Balaban J connectivity index is 1.71. The highest BCUT2D eigenvalue weighted by Crippen LogP contribution is 2.40. The Morgan fingerprint density at radius 2 is 1.82 bits per heavy atom. The summed E-state index contributed by atoms with van der Waals surface area (Å²) in [5, 5.41) is 4.41. The highest BCUT2D eigenvalue weighted by molar-refractivity contribution is 6.22. The van der Waals surface area contributed by atoms with E-state index in [1.54, 1.807) is 11.9 Å². The van der Waals surface area contributed by atoms with Crippen molar-refractivity contribution in [2.75, 3.05) is 11.9 Å². The van der Waals surface area contributed by atoms with Gasteiger partial charge in [-0.25, -0.2) is 9.48 Å². The highest BCUT2D eigenvalue weighted by Gasteiger charge is 2.57. The SMILES string of the molecule is CN1C(=O)N(c2nc3n(n2)CCCC3)C(=O)C12CCCCC2. The minimum Gasteiger partial charge on any atom is -0.312 e. The van der Waals surface area contributed by atoms with Gasteiger partial charge >= 0.3 is 6.03 Å². The van der Waals surface area contributed by atoms with E-state index >= 15 is 0 Å². The maximum absolute atomic E-state index is 13.0. The molecule has 0 aromatic carbocycles. The van der Waals surface area contributed by atoms with Crippen LogP contribution in [0.25, 0.3) is 0 Å². The fourth-order valence-electron chi connectivity index (χ4n) is 4.00. The maximum Gasteiger partial charge on any atom is 0.334 e. The van der Waals surface area contributed by atoms with E-state index in [4.69, 9.17) is 0 Å². The van der Waals surface area contributed by atoms with Crippen molar-refractivity contribution in [3.63, 3.8) is 0 Å². The van der Waals surface area contributed by atoms with Crippen LogP contribution in [0.3, 0.4) is 0 Å². The predicted octanol–water partition coefficient (Wildman–Crippen LogP) is 1.72. The maximum atomic E-state index is 13.0. The first-order chi connectivity index (χ1) is 10.6. The third-order valence-electron chi connectivity index (χ3n) is 5.36.